The summed E-state index contributed by atoms with van der Waals surface area (Å²) in [7, 11) is 0. The van der Waals surface area contributed by atoms with Gasteiger partial charge in [-0.3, -0.25) is 9.36 Å². The maximum absolute atomic E-state index is 13.3. The molecule has 3 aromatic rings. The fourth-order valence-electron chi connectivity index (χ4n) is 2.45. The number of carbonyl (C=O) groups excluding carboxylic acids is 1. The molecule has 0 bridgehead atoms. The molecule has 3 rings (SSSR count). The minimum Gasteiger partial charge on any atom is -0.353 e. The van der Waals surface area contributed by atoms with Crippen LogP contribution in [0.3, 0.4) is 0 Å². The van der Waals surface area contributed by atoms with E-state index in [4.69, 9.17) is 0 Å². The number of hydrogen-bond donors (Lipinski definition) is 1. The number of para-hydroxylation sites is 1. The van der Waals surface area contributed by atoms with Gasteiger partial charge in [-0.05, 0) is 50.2 Å². The molecule has 0 atom stereocenters. The Hall–Kier alpha value is -2.67. The lowest BCUT2D eigenvalue weighted by Crippen LogP contribution is -2.31. The summed E-state index contributed by atoms with van der Waals surface area (Å²) in [4.78, 5) is 12.0. The molecule has 1 heterocycles. The first-order valence-electron chi connectivity index (χ1n) is 8.23. The van der Waals surface area contributed by atoms with E-state index in [0.29, 0.717) is 11.0 Å². The Bertz CT molecular complexity index is 878. The average Bonchev–Trinajstić information content (AvgIpc) is 3.05. The van der Waals surface area contributed by atoms with Gasteiger partial charge in [-0.1, -0.05) is 30.0 Å². The molecule has 26 heavy (non-hydrogen) atoms. The molecule has 0 saturated carbocycles. The van der Waals surface area contributed by atoms with Crippen LogP contribution in [-0.2, 0) is 4.79 Å². The Labute approximate surface area is 155 Å². The van der Waals surface area contributed by atoms with E-state index in [1.807, 2.05) is 48.7 Å². The SMILES string of the molecule is CC(C)NC(=O)CSc1nnc(-c2ccc(F)cc2)n1-c1ccccc1. The standard InChI is InChI=1S/C19H19FN4OS/c1-13(2)21-17(25)12-26-19-23-22-18(14-8-10-15(20)11-9-14)24(19)16-6-4-3-5-7-16/h3-11,13H,12H2,1-2H3,(H,21,25). The summed E-state index contributed by atoms with van der Waals surface area (Å²) in [5.74, 6) is 0.477. The summed E-state index contributed by atoms with van der Waals surface area (Å²) in [6.45, 7) is 3.84. The topological polar surface area (TPSA) is 59.8 Å². The molecule has 1 N–H and O–H groups in total. The van der Waals surface area contributed by atoms with Gasteiger partial charge < -0.3 is 5.32 Å². The maximum Gasteiger partial charge on any atom is 0.230 e. The molecule has 5 nitrogen and oxygen atoms in total. The molecule has 0 fully saturated rings. The third kappa shape index (κ3) is 4.29. The number of rotatable bonds is 6. The number of thioether (sulfide) groups is 1. The Kier molecular flexibility index (Phi) is 5.68. The van der Waals surface area contributed by atoms with Crippen molar-refractivity contribution in [3.05, 3.63) is 60.4 Å². The van der Waals surface area contributed by atoms with Gasteiger partial charge in [0.25, 0.3) is 0 Å². The second-order valence-corrected chi connectivity index (χ2v) is 6.94. The molecule has 0 radical (unpaired) electrons. The predicted molar refractivity (Wildman–Crippen MR) is 101 cm³/mol. The highest BCUT2D eigenvalue weighted by molar-refractivity contribution is 7.99. The summed E-state index contributed by atoms with van der Waals surface area (Å²) in [5.41, 5.74) is 1.63. The lowest BCUT2D eigenvalue weighted by molar-refractivity contribution is -0.119. The van der Waals surface area contributed by atoms with Crippen molar-refractivity contribution in [2.24, 2.45) is 0 Å². The summed E-state index contributed by atoms with van der Waals surface area (Å²) >= 11 is 1.31. The number of benzene rings is 2. The number of nitrogens with zero attached hydrogens (tertiary/aromatic N) is 3. The van der Waals surface area contributed by atoms with Crippen molar-refractivity contribution < 1.29 is 9.18 Å². The van der Waals surface area contributed by atoms with Gasteiger partial charge in [-0.25, -0.2) is 4.39 Å². The molecule has 7 heteroatoms. The first kappa shape index (κ1) is 18.1. The smallest absolute Gasteiger partial charge is 0.230 e. The van der Waals surface area contributed by atoms with Crippen LogP contribution in [-0.4, -0.2) is 32.5 Å². The highest BCUT2D eigenvalue weighted by Gasteiger charge is 2.17. The van der Waals surface area contributed by atoms with E-state index >= 15 is 0 Å². The van der Waals surface area contributed by atoms with Crippen molar-refractivity contribution in [3.8, 4) is 17.1 Å². The Morgan fingerprint density at radius 1 is 1.12 bits per heavy atom. The van der Waals surface area contributed by atoms with Crippen LogP contribution < -0.4 is 5.32 Å². The molecule has 134 valence electrons. The summed E-state index contributed by atoms with van der Waals surface area (Å²) in [6, 6.07) is 15.8. The third-order valence-corrected chi connectivity index (χ3v) is 4.46. The summed E-state index contributed by atoms with van der Waals surface area (Å²) in [6.07, 6.45) is 0. The van der Waals surface area contributed by atoms with Crippen molar-refractivity contribution in [3.63, 3.8) is 0 Å². The second kappa shape index (κ2) is 8.14. The molecule has 1 aromatic heterocycles. The van der Waals surface area contributed by atoms with Crippen LogP contribution in [0.25, 0.3) is 17.1 Å². The predicted octanol–water partition coefficient (Wildman–Crippen LogP) is 3.69. The van der Waals surface area contributed by atoms with Crippen LogP contribution in [0.2, 0.25) is 0 Å². The van der Waals surface area contributed by atoms with Crippen molar-refractivity contribution in [2.75, 3.05) is 5.75 Å². The third-order valence-electron chi connectivity index (χ3n) is 3.53. The van der Waals surface area contributed by atoms with Gasteiger partial charge in [0.05, 0.1) is 5.75 Å². The van der Waals surface area contributed by atoms with Crippen LogP contribution in [0, 0.1) is 5.82 Å². The van der Waals surface area contributed by atoms with Crippen LogP contribution in [0.4, 0.5) is 4.39 Å². The molecule has 2 aromatic carbocycles. The molecule has 0 spiro atoms. The fraction of sp³-hybridized carbons (Fsp3) is 0.211. The molecular weight excluding hydrogens is 351 g/mol. The number of amides is 1. The largest absolute Gasteiger partial charge is 0.353 e. The van der Waals surface area contributed by atoms with E-state index in [9.17, 15) is 9.18 Å². The van der Waals surface area contributed by atoms with E-state index in [1.165, 1.54) is 23.9 Å². The van der Waals surface area contributed by atoms with Crippen LogP contribution in [0.5, 0.6) is 0 Å². The highest BCUT2D eigenvalue weighted by atomic mass is 32.2. The molecule has 0 saturated heterocycles. The van der Waals surface area contributed by atoms with Gasteiger partial charge in [0.2, 0.25) is 5.91 Å². The number of carbonyl (C=O) groups is 1. The Morgan fingerprint density at radius 3 is 2.46 bits per heavy atom. The van der Waals surface area contributed by atoms with Crippen molar-refractivity contribution in [1.29, 1.82) is 0 Å². The van der Waals surface area contributed by atoms with E-state index in [2.05, 4.69) is 15.5 Å². The van der Waals surface area contributed by atoms with E-state index in [1.54, 1.807) is 12.1 Å². The lowest BCUT2D eigenvalue weighted by atomic mass is 10.2. The highest BCUT2D eigenvalue weighted by Crippen LogP contribution is 2.27. The summed E-state index contributed by atoms with van der Waals surface area (Å²) < 4.78 is 15.1. The minimum absolute atomic E-state index is 0.0593. The first-order chi connectivity index (χ1) is 12.5. The Balaban J connectivity index is 1.95. The van der Waals surface area contributed by atoms with Gasteiger partial charge in [-0.2, -0.15) is 0 Å². The molecule has 0 aliphatic rings. The van der Waals surface area contributed by atoms with Gasteiger partial charge in [0.1, 0.15) is 5.82 Å². The lowest BCUT2D eigenvalue weighted by Gasteiger charge is -2.11. The van der Waals surface area contributed by atoms with E-state index < -0.39 is 0 Å². The quantitative estimate of drug-likeness (QED) is 0.672. The van der Waals surface area contributed by atoms with Crippen LogP contribution in [0.15, 0.2) is 59.8 Å². The van der Waals surface area contributed by atoms with Gasteiger partial charge >= 0.3 is 0 Å². The van der Waals surface area contributed by atoms with Gasteiger partial charge in [0.15, 0.2) is 11.0 Å². The minimum atomic E-state index is -0.306. The monoisotopic (exact) mass is 370 g/mol. The van der Waals surface area contributed by atoms with E-state index in [0.717, 1.165) is 11.3 Å². The zero-order chi connectivity index (χ0) is 18.5. The fourth-order valence-corrected chi connectivity index (χ4v) is 3.22. The van der Waals surface area contributed by atoms with Crippen molar-refractivity contribution in [2.45, 2.75) is 25.0 Å². The van der Waals surface area contributed by atoms with E-state index in [-0.39, 0.29) is 23.5 Å². The van der Waals surface area contributed by atoms with Crippen molar-refractivity contribution >= 4 is 17.7 Å². The van der Waals surface area contributed by atoms with Crippen LogP contribution >= 0.6 is 11.8 Å². The Morgan fingerprint density at radius 2 is 1.81 bits per heavy atom. The first-order valence-corrected chi connectivity index (χ1v) is 9.22. The zero-order valence-electron chi connectivity index (χ0n) is 14.5. The summed E-state index contributed by atoms with van der Waals surface area (Å²) in [5, 5.41) is 12.0. The number of halogens is 1. The van der Waals surface area contributed by atoms with Crippen molar-refractivity contribution in [1.82, 2.24) is 20.1 Å². The number of aromatic nitrogens is 3. The molecule has 0 unspecified atom stereocenters. The zero-order valence-corrected chi connectivity index (χ0v) is 15.3. The average molecular weight is 370 g/mol. The second-order valence-electron chi connectivity index (χ2n) is 5.99. The maximum atomic E-state index is 13.3. The molecule has 0 aliphatic carbocycles. The molecule has 1 amide bonds. The number of nitrogens with one attached hydrogen (secondary N) is 1. The molecule has 0 aliphatic heterocycles. The van der Waals surface area contributed by atoms with Gasteiger partial charge in [0, 0.05) is 17.3 Å². The molecular formula is C19H19FN4OS. The van der Waals surface area contributed by atoms with Gasteiger partial charge in [-0.15, -0.1) is 10.2 Å². The number of hydrogen-bond acceptors (Lipinski definition) is 4. The normalized spacial score (nSPS) is 10.9. The van der Waals surface area contributed by atoms with Crippen LogP contribution in [0.1, 0.15) is 13.8 Å².